The number of nitrogens with zero attached hydrogens (tertiary/aromatic N) is 2. The van der Waals surface area contributed by atoms with Crippen LogP contribution in [-0.2, 0) is 43.0 Å². The van der Waals surface area contributed by atoms with Crippen LogP contribution < -0.4 is 16.9 Å². The van der Waals surface area contributed by atoms with Gasteiger partial charge >= 0.3 is 29.6 Å². The number of aliphatic hydroxyl groups is 1. The van der Waals surface area contributed by atoms with Gasteiger partial charge in [-0.25, -0.2) is 24.7 Å². The summed E-state index contributed by atoms with van der Waals surface area (Å²) in [5.41, 5.74) is 6.68. The fourth-order valence-corrected chi connectivity index (χ4v) is 3.04. The van der Waals surface area contributed by atoms with Gasteiger partial charge in [0.1, 0.15) is 18.8 Å². The minimum absolute atomic E-state index is 0.170. The molecule has 2 aliphatic heterocycles. The van der Waals surface area contributed by atoms with E-state index in [0.29, 0.717) is 0 Å². The van der Waals surface area contributed by atoms with Gasteiger partial charge in [0.25, 0.3) is 0 Å². The van der Waals surface area contributed by atoms with Crippen LogP contribution in [0.3, 0.4) is 0 Å². The van der Waals surface area contributed by atoms with E-state index in [2.05, 4.69) is 15.3 Å². The van der Waals surface area contributed by atoms with Crippen molar-refractivity contribution >= 4 is 29.7 Å². The highest BCUT2D eigenvalue weighted by Crippen LogP contribution is 2.35. The largest absolute Gasteiger partial charge is 0.463 e. The maximum Gasteiger partial charge on any atom is 0.418 e. The van der Waals surface area contributed by atoms with Crippen molar-refractivity contribution < 1.29 is 48.1 Å². The predicted octanol–water partition coefficient (Wildman–Crippen LogP) is -2.24. The SMILES string of the molecule is CC(C)C(=O)OC[C@H]1O[C@@H](n2ccc(NOC(=O)[C@@H](N)[C@H](C)O)nc2=O)[C@@H]2OC(=O)C(=O)O[C@@H]21. The monoisotopic (exact) mass is 484 g/mol. The molecule has 34 heavy (non-hydrogen) atoms. The summed E-state index contributed by atoms with van der Waals surface area (Å²) < 4.78 is 22.0. The Hall–Kier alpha value is -3.56. The first-order valence-corrected chi connectivity index (χ1v) is 10.2. The first kappa shape index (κ1) is 25.1. The second-order valence-electron chi connectivity index (χ2n) is 7.88. The van der Waals surface area contributed by atoms with Crippen LogP contribution in [0.15, 0.2) is 17.1 Å². The van der Waals surface area contributed by atoms with Crippen LogP contribution >= 0.6 is 0 Å². The summed E-state index contributed by atoms with van der Waals surface area (Å²) in [6.45, 7) is 4.23. The molecule has 6 atom stereocenters. The van der Waals surface area contributed by atoms with Crippen molar-refractivity contribution in [3.8, 4) is 0 Å². The summed E-state index contributed by atoms with van der Waals surface area (Å²) in [7, 11) is 0. The van der Waals surface area contributed by atoms with Gasteiger partial charge in [-0.2, -0.15) is 4.98 Å². The molecule has 0 amide bonds. The number of aromatic nitrogens is 2. The van der Waals surface area contributed by atoms with Crippen molar-refractivity contribution in [2.24, 2.45) is 11.7 Å². The number of aliphatic hydroxyl groups excluding tert-OH is 1. The number of hydrogen-bond donors (Lipinski definition) is 3. The number of fused-ring (bicyclic) bond motifs is 1. The minimum atomic E-state index is -1.32. The standard InChI is InChI=1S/C19H24N4O11/c1-7(2)15(25)30-6-9-12-13(33-18(28)17(27)32-12)14(31-9)23-5-4-10(21-19(23)29)22-34-16(26)11(20)8(3)24/h4-5,7-9,11-14,24H,6,20H2,1-3H3,(H,21,22,29)/t8-,9+,11-,12+,13+,14+/m0/s1. The number of hydrogen-bond acceptors (Lipinski definition) is 14. The topological polar surface area (TPSA) is 208 Å². The summed E-state index contributed by atoms with van der Waals surface area (Å²) in [4.78, 5) is 67.9. The van der Waals surface area contributed by atoms with Crippen LogP contribution in [0.4, 0.5) is 5.82 Å². The number of esters is 3. The van der Waals surface area contributed by atoms with Crippen LogP contribution in [0.2, 0.25) is 0 Å². The molecular formula is C19H24N4O11. The van der Waals surface area contributed by atoms with Crippen molar-refractivity contribution in [1.29, 1.82) is 0 Å². The number of nitrogens with two attached hydrogens (primary N) is 1. The Morgan fingerprint density at radius 3 is 2.41 bits per heavy atom. The molecule has 3 heterocycles. The number of rotatable bonds is 8. The molecule has 2 saturated heterocycles. The molecule has 0 spiro atoms. The Morgan fingerprint density at radius 1 is 1.18 bits per heavy atom. The summed E-state index contributed by atoms with van der Waals surface area (Å²) in [5.74, 6) is -4.62. The Bertz CT molecular complexity index is 1020. The number of carbonyl (C=O) groups is 4. The maximum atomic E-state index is 12.6. The first-order valence-electron chi connectivity index (χ1n) is 10.2. The Kier molecular flexibility index (Phi) is 7.48. The van der Waals surface area contributed by atoms with Crippen LogP contribution in [0.1, 0.15) is 27.0 Å². The van der Waals surface area contributed by atoms with Gasteiger partial charge in [-0.15, -0.1) is 0 Å². The van der Waals surface area contributed by atoms with Crippen molar-refractivity contribution in [2.75, 3.05) is 12.1 Å². The van der Waals surface area contributed by atoms with E-state index >= 15 is 0 Å². The Morgan fingerprint density at radius 2 is 1.82 bits per heavy atom. The third-order valence-electron chi connectivity index (χ3n) is 4.95. The van der Waals surface area contributed by atoms with E-state index in [0.717, 1.165) is 4.57 Å². The van der Waals surface area contributed by atoms with Gasteiger partial charge in [0.15, 0.2) is 24.3 Å². The summed E-state index contributed by atoms with van der Waals surface area (Å²) in [6, 6.07) is -0.0777. The molecule has 0 aromatic carbocycles. The lowest BCUT2D eigenvalue weighted by Gasteiger charge is -2.28. The quantitative estimate of drug-likeness (QED) is 0.154. The lowest BCUT2D eigenvalue weighted by atomic mass is 10.1. The zero-order valence-corrected chi connectivity index (χ0v) is 18.4. The third-order valence-corrected chi connectivity index (χ3v) is 4.95. The number of anilines is 1. The van der Waals surface area contributed by atoms with E-state index < -0.39 is 72.2 Å². The molecule has 1 aromatic heterocycles. The van der Waals surface area contributed by atoms with Crippen LogP contribution in [0.5, 0.6) is 0 Å². The molecular weight excluding hydrogens is 460 g/mol. The lowest BCUT2D eigenvalue weighted by Crippen LogP contribution is -2.49. The number of carbonyl (C=O) groups excluding carboxylic acids is 4. The molecule has 2 fully saturated rings. The zero-order valence-electron chi connectivity index (χ0n) is 18.4. The van der Waals surface area contributed by atoms with Gasteiger partial charge in [-0.1, -0.05) is 13.8 Å². The molecule has 0 saturated carbocycles. The number of ether oxygens (including phenoxy) is 4. The molecule has 4 N–H and O–H groups in total. The highest BCUT2D eigenvalue weighted by molar-refractivity contribution is 6.30. The van der Waals surface area contributed by atoms with E-state index in [4.69, 9.17) is 24.7 Å². The van der Waals surface area contributed by atoms with Crippen molar-refractivity contribution in [1.82, 2.24) is 9.55 Å². The van der Waals surface area contributed by atoms with Crippen molar-refractivity contribution in [3.05, 3.63) is 22.7 Å². The van der Waals surface area contributed by atoms with E-state index in [1.807, 2.05) is 0 Å². The van der Waals surface area contributed by atoms with E-state index in [1.54, 1.807) is 13.8 Å². The zero-order chi connectivity index (χ0) is 25.2. The second kappa shape index (κ2) is 10.1. The number of nitrogens with one attached hydrogen (secondary N) is 1. The van der Waals surface area contributed by atoms with Crippen LogP contribution in [0.25, 0.3) is 0 Å². The van der Waals surface area contributed by atoms with Crippen LogP contribution in [0, 0.1) is 5.92 Å². The lowest BCUT2D eigenvalue weighted by molar-refractivity contribution is -0.195. The summed E-state index contributed by atoms with van der Waals surface area (Å²) in [6.07, 6.45) is -4.60. The normalized spacial score (nSPS) is 25.6. The van der Waals surface area contributed by atoms with E-state index in [1.165, 1.54) is 19.2 Å². The molecule has 186 valence electrons. The van der Waals surface area contributed by atoms with E-state index in [9.17, 15) is 29.1 Å². The predicted molar refractivity (Wildman–Crippen MR) is 107 cm³/mol. The third kappa shape index (κ3) is 5.32. The molecule has 0 unspecified atom stereocenters. The molecule has 1 aromatic rings. The van der Waals surface area contributed by atoms with Gasteiger partial charge in [-0.3, -0.25) is 9.36 Å². The molecule has 0 aliphatic carbocycles. The molecule has 15 nitrogen and oxygen atoms in total. The fraction of sp³-hybridized carbons (Fsp3) is 0.579. The van der Waals surface area contributed by atoms with Gasteiger partial charge in [0.05, 0.1) is 12.0 Å². The highest BCUT2D eigenvalue weighted by atomic mass is 16.7. The summed E-state index contributed by atoms with van der Waals surface area (Å²) in [5, 5.41) is 9.31. The average Bonchev–Trinajstić information content (AvgIpc) is 3.12. The first-order chi connectivity index (χ1) is 16.0. The van der Waals surface area contributed by atoms with E-state index in [-0.39, 0.29) is 12.4 Å². The minimum Gasteiger partial charge on any atom is -0.463 e. The van der Waals surface area contributed by atoms with Crippen molar-refractivity contribution in [2.45, 2.75) is 57.5 Å². The van der Waals surface area contributed by atoms with Crippen LogP contribution in [-0.4, -0.2) is 75.6 Å². The molecule has 3 rings (SSSR count). The molecule has 15 heteroatoms. The molecule has 0 bridgehead atoms. The van der Waals surface area contributed by atoms with Gasteiger partial charge < -0.3 is 34.6 Å². The van der Waals surface area contributed by atoms with Crippen molar-refractivity contribution in [3.63, 3.8) is 0 Å². The smallest absolute Gasteiger partial charge is 0.418 e. The van der Waals surface area contributed by atoms with Gasteiger partial charge in [0.2, 0.25) is 0 Å². The summed E-state index contributed by atoms with van der Waals surface area (Å²) >= 11 is 0. The van der Waals surface area contributed by atoms with Gasteiger partial charge in [0, 0.05) is 12.3 Å². The van der Waals surface area contributed by atoms with Gasteiger partial charge in [-0.05, 0) is 6.92 Å². The highest BCUT2D eigenvalue weighted by Gasteiger charge is 2.55. The average molecular weight is 484 g/mol. The molecule has 2 aliphatic rings. The second-order valence-corrected chi connectivity index (χ2v) is 7.88. The maximum absolute atomic E-state index is 12.6. The fourth-order valence-electron chi connectivity index (χ4n) is 3.04. The molecule has 0 radical (unpaired) electrons. The Balaban J connectivity index is 1.76. The Labute approximate surface area is 192 Å².